The third kappa shape index (κ3) is 4.88. The van der Waals surface area contributed by atoms with Crippen molar-refractivity contribution in [1.29, 1.82) is 0 Å². The number of rotatable bonds is 11. The zero-order valence-corrected chi connectivity index (χ0v) is 17.8. The summed E-state index contributed by atoms with van der Waals surface area (Å²) in [5.41, 5.74) is -0.258. The SMILES string of the molecule is CCCCCCCCCCCCn1c(=O)c2ccsc2c2sccc2c1=O. The van der Waals surface area contributed by atoms with Crippen LogP contribution in [0.1, 0.15) is 71.1 Å². The van der Waals surface area contributed by atoms with Crippen LogP contribution in [0.25, 0.3) is 20.2 Å². The molecule has 3 rings (SSSR count). The lowest BCUT2D eigenvalue weighted by Gasteiger charge is -2.04. The van der Waals surface area contributed by atoms with Gasteiger partial charge in [0.1, 0.15) is 0 Å². The molecule has 0 spiro atoms. The van der Waals surface area contributed by atoms with Crippen LogP contribution in [0, 0.1) is 0 Å². The van der Waals surface area contributed by atoms with E-state index in [0.717, 1.165) is 22.2 Å². The first-order chi connectivity index (χ1) is 13.2. The van der Waals surface area contributed by atoms with Gasteiger partial charge in [-0.25, -0.2) is 0 Å². The summed E-state index contributed by atoms with van der Waals surface area (Å²) in [5, 5.41) is 5.25. The van der Waals surface area contributed by atoms with Crippen LogP contribution in [0.4, 0.5) is 0 Å². The molecule has 3 heterocycles. The fourth-order valence-electron chi connectivity index (χ4n) is 3.65. The van der Waals surface area contributed by atoms with Crippen LogP contribution in [-0.2, 0) is 6.54 Å². The average molecular weight is 404 g/mol. The van der Waals surface area contributed by atoms with E-state index in [1.54, 1.807) is 22.7 Å². The minimum Gasteiger partial charge on any atom is -0.274 e. The zero-order chi connectivity index (χ0) is 19.1. The summed E-state index contributed by atoms with van der Waals surface area (Å²) < 4.78 is 3.36. The first-order valence-corrected chi connectivity index (χ1v) is 12.0. The van der Waals surface area contributed by atoms with Gasteiger partial charge >= 0.3 is 0 Å². The smallest absolute Gasteiger partial charge is 0.262 e. The van der Waals surface area contributed by atoms with E-state index >= 15 is 0 Å². The second kappa shape index (κ2) is 10.2. The molecular weight excluding hydrogens is 374 g/mol. The lowest BCUT2D eigenvalue weighted by Crippen LogP contribution is -2.30. The molecule has 0 N–H and O–H groups in total. The second-order valence-electron chi connectivity index (χ2n) is 7.27. The largest absolute Gasteiger partial charge is 0.274 e. The Balaban J connectivity index is 1.59. The van der Waals surface area contributed by atoms with Gasteiger partial charge in [-0.15, -0.1) is 22.7 Å². The van der Waals surface area contributed by atoms with Crippen molar-refractivity contribution in [3.8, 4) is 0 Å². The highest BCUT2D eigenvalue weighted by molar-refractivity contribution is 7.25. The monoisotopic (exact) mass is 403 g/mol. The van der Waals surface area contributed by atoms with Crippen molar-refractivity contribution in [3.05, 3.63) is 43.6 Å². The van der Waals surface area contributed by atoms with Crippen molar-refractivity contribution in [2.75, 3.05) is 0 Å². The van der Waals surface area contributed by atoms with Crippen molar-refractivity contribution in [2.24, 2.45) is 0 Å². The first-order valence-electron chi connectivity index (χ1n) is 10.3. The van der Waals surface area contributed by atoms with E-state index in [9.17, 15) is 9.59 Å². The van der Waals surface area contributed by atoms with E-state index in [1.807, 2.05) is 22.9 Å². The van der Waals surface area contributed by atoms with Gasteiger partial charge in [-0.3, -0.25) is 14.2 Å². The molecule has 0 unspecified atom stereocenters. The minimum absolute atomic E-state index is 0.129. The number of nitrogens with zero attached hydrogens (tertiary/aromatic N) is 1. The Hall–Kier alpha value is -1.46. The van der Waals surface area contributed by atoms with Crippen molar-refractivity contribution in [3.63, 3.8) is 0 Å². The standard InChI is InChI=1S/C22H29NO2S2/c1-2-3-4-5-6-7-8-9-10-11-14-23-21(24)17-12-15-26-19(17)20-18(22(23)25)13-16-27-20/h12-13,15-16H,2-11,14H2,1H3. The molecule has 146 valence electrons. The lowest BCUT2D eigenvalue weighted by atomic mass is 10.1. The maximum atomic E-state index is 12.9. The quantitative estimate of drug-likeness (QED) is 0.340. The van der Waals surface area contributed by atoms with E-state index in [0.29, 0.717) is 17.3 Å². The average Bonchev–Trinajstić information content (AvgIpc) is 3.32. The lowest BCUT2D eigenvalue weighted by molar-refractivity contribution is 0.528. The van der Waals surface area contributed by atoms with Gasteiger partial charge in [0, 0.05) is 6.54 Å². The molecule has 0 aliphatic carbocycles. The van der Waals surface area contributed by atoms with E-state index in [1.165, 1.54) is 55.9 Å². The highest BCUT2D eigenvalue weighted by Crippen LogP contribution is 2.28. The molecule has 27 heavy (non-hydrogen) atoms. The third-order valence-corrected chi connectivity index (χ3v) is 7.22. The van der Waals surface area contributed by atoms with Gasteiger partial charge in [0.05, 0.1) is 20.2 Å². The van der Waals surface area contributed by atoms with E-state index in [4.69, 9.17) is 0 Å². The molecular formula is C22H29NO2S2. The molecule has 3 aromatic rings. The molecule has 5 heteroatoms. The Morgan fingerprint density at radius 1 is 0.704 bits per heavy atom. The summed E-state index contributed by atoms with van der Waals surface area (Å²) in [7, 11) is 0. The van der Waals surface area contributed by atoms with Crippen LogP contribution in [-0.4, -0.2) is 4.57 Å². The predicted molar refractivity (Wildman–Crippen MR) is 120 cm³/mol. The Labute approximate surface area is 168 Å². The fourth-order valence-corrected chi connectivity index (χ4v) is 5.62. The van der Waals surface area contributed by atoms with Crippen molar-refractivity contribution < 1.29 is 0 Å². The number of thiophene rings is 2. The van der Waals surface area contributed by atoms with Crippen LogP contribution >= 0.6 is 22.7 Å². The summed E-state index contributed by atoms with van der Waals surface area (Å²) in [4.78, 5) is 25.8. The van der Waals surface area contributed by atoms with Crippen molar-refractivity contribution in [1.82, 2.24) is 4.57 Å². The van der Waals surface area contributed by atoms with Gasteiger partial charge in [0.2, 0.25) is 0 Å². The summed E-state index contributed by atoms with van der Waals surface area (Å²) in [6, 6.07) is 3.71. The predicted octanol–water partition coefficient (Wildman–Crippen LogP) is 6.56. The molecule has 0 aliphatic heterocycles. The topological polar surface area (TPSA) is 39.1 Å². The maximum absolute atomic E-state index is 12.9. The molecule has 0 bridgehead atoms. The third-order valence-electron chi connectivity index (χ3n) is 5.22. The summed E-state index contributed by atoms with van der Waals surface area (Å²) >= 11 is 3.10. The molecule has 0 radical (unpaired) electrons. The zero-order valence-electron chi connectivity index (χ0n) is 16.2. The highest BCUT2D eigenvalue weighted by Gasteiger charge is 2.12. The normalized spacial score (nSPS) is 11.6. The van der Waals surface area contributed by atoms with Gasteiger partial charge in [-0.2, -0.15) is 0 Å². The molecule has 3 nitrogen and oxygen atoms in total. The molecule has 0 atom stereocenters. The van der Waals surface area contributed by atoms with E-state index in [2.05, 4.69) is 6.92 Å². The molecule has 0 saturated heterocycles. The number of hydrogen-bond acceptors (Lipinski definition) is 4. The Morgan fingerprint density at radius 3 is 1.63 bits per heavy atom. The molecule has 3 aromatic heterocycles. The number of fused-ring (bicyclic) bond motifs is 3. The first kappa shape index (κ1) is 20.3. The van der Waals surface area contributed by atoms with Crippen LogP contribution in [0.15, 0.2) is 32.5 Å². The second-order valence-corrected chi connectivity index (χ2v) is 9.10. The Bertz CT molecular complexity index is 916. The summed E-state index contributed by atoms with van der Waals surface area (Å²) in [6.07, 6.45) is 12.5. The summed E-state index contributed by atoms with van der Waals surface area (Å²) in [5.74, 6) is 0. The van der Waals surface area contributed by atoms with Crippen LogP contribution in [0.5, 0.6) is 0 Å². The highest BCUT2D eigenvalue weighted by atomic mass is 32.1. The van der Waals surface area contributed by atoms with Gasteiger partial charge in [0.15, 0.2) is 0 Å². The molecule has 0 fully saturated rings. The number of hydrogen-bond donors (Lipinski definition) is 0. The van der Waals surface area contributed by atoms with Crippen LogP contribution in [0.3, 0.4) is 0 Å². The molecule has 0 amide bonds. The van der Waals surface area contributed by atoms with Gasteiger partial charge in [-0.1, -0.05) is 64.7 Å². The van der Waals surface area contributed by atoms with Gasteiger partial charge < -0.3 is 0 Å². The van der Waals surface area contributed by atoms with Crippen LogP contribution in [0.2, 0.25) is 0 Å². The molecule has 0 aliphatic rings. The summed E-state index contributed by atoms with van der Waals surface area (Å²) in [6.45, 7) is 2.77. The minimum atomic E-state index is -0.129. The van der Waals surface area contributed by atoms with Crippen molar-refractivity contribution >= 4 is 42.8 Å². The number of aromatic nitrogens is 1. The maximum Gasteiger partial charge on any atom is 0.262 e. The van der Waals surface area contributed by atoms with Crippen molar-refractivity contribution in [2.45, 2.75) is 77.7 Å². The van der Waals surface area contributed by atoms with E-state index in [-0.39, 0.29) is 11.1 Å². The Morgan fingerprint density at radius 2 is 1.15 bits per heavy atom. The molecule has 0 saturated carbocycles. The number of unbranched alkanes of at least 4 members (excludes halogenated alkanes) is 9. The fraction of sp³-hybridized carbons (Fsp3) is 0.545. The van der Waals surface area contributed by atoms with Crippen LogP contribution < -0.4 is 11.1 Å². The van der Waals surface area contributed by atoms with E-state index < -0.39 is 0 Å². The molecule has 0 aromatic carbocycles. The van der Waals surface area contributed by atoms with Gasteiger partial charge in [0.25, 0.3) is 11.1 Å². The van der Waals surface area contributed by atoms with Gasteiger partial charge in [-0.05, 0) is 29.3 Å². The Kier molecular flexibility index (Phi) is 7.65.